The monoisotopic (exact) mass is 455 g/mol. The molecule has 1 atom stereocenters. The molecule has 0 aliphatic heterocycles. The van der Waals surface area contributed by atoms with Crippen molar-refractivity contribution in [3.05, 3.63) is 75.9 Å². The summed E-state index contributed by atoms with van der Waals surface area (Å²) in [5.74, 6) is -1.05. The third-order valence-corrected chi connectivity index (χ3v) is 5.21. The Morgan fingerprint density at radius 2 is 1.62 bits per heavy atom. The predicted octanol–water partition coefficient (Wildman–Crippen LogP) is 6.13. The summed E-state index contributed by atoms with van der Waals surface area (Å²) in [6, 6.07) is 5.58. The van der Waals surface area contributed by atoms with Gasteiger partial charge in [0.05, 0.1) is 17.2 Å². The van der Waals surface area contributed by atoms with Crippen LogP contribution in [0, 0.1) is 0 Å². The second-order valence-electron chi connectivity index (χ2n) is 7.47. The molecule has 9 heteroatoms. The molecule has 1 aliphatic rings. The molecule has 0 fully saturated rings. The van der Waals surface area contributed by atoms with Crippen molar-refractivity contribution in [1.82, 2.24) is 5.32 Å². The number of aryl methyl sites for hydroxylation is 1. The Kier molecular flexibility index (Phi) is 6.48. The minimum Gasteiger partial charge on any atom is -0.345 e. The molecule has 2 aromatic rings. The van der Waals surface area contributed by atoms with Crippen LogP contribution in [-0.2, 0) is 23.6 Å². The summed E-state index contributed by atoms with van der Waals surface area (Å²) in [6.07, 6.45) is -5.53. The van der Waals surface area contributed by atoms with Gasteiger partial charge in [-0.25, -0.2) is 0 Å². The highest BCUT2D eigenvalue weighted by Crippen LogP contribution is 2.37. The lowest BCUT2D eigenvalue weighted by molar-refractivity contribution is -0.143. The number of alkyl halides is 6. The summed E-state index contributed by atoms with van der Waals surface area (Å²) in [5, 5.41) is 2.54. The molecule has 1 aliphatic carbocycles. The van der Waals surface area contributed by atoms with E-state index in [0.29, 0.717) is 31.4 Å². The first kappa shape index (κ1) is 23.6. The third-order valence-electron chi connectivity index (χ3n) is 5.21. The van der Waals surface area contributed by atoms with E-state index in [1.165, 1.54) is 6.08 Å². The Morgan fingerprint density at radius 3 is 2.19 bits per heavy atom. The second kappa shape index (κ2) is 8.80. The number of benzene rings is 2. The minimum atomic E-state index is -5.03. The third kappa shape index (κ3) is 5.38. The van der Waals surface area contributed by atoms with Crippen molar-refractivity contribution < 1.29 is 35.9 Å². The number of amides is 1. The maximum Gasteiger partial charge on any atom is 0.416 e. The van der Waals surface area contributed by atoms with Gasteiger partial charge in [0, 0.05) is 12.0 Å². The van der Waals surface area contributed by atoms with Gasteiger partial charge in [0.1, 0.15) is 0 Å². The number of halogens is 6. The van der Waals surface area contributed by atoms with E-state index >= 15 is 0 Å². The standard InChI is InChI=1S/C23H19F6NO2/c1-2-18(31)6-3-13-4-7-19-14(9-13)5-8-20(19)30-21(32)15-10-16(22(24,25)26)12-17(11-15)23(27,28)29/h3-4,6-7,9-12,20H,2,5,8H2,1H3,(H,30,32)/b6-3+. The van der Waals surface area contributed by atoms with Gasteiger partial charge in [-0.3, -0.25) is 9.59 Å². The van der Waals surface area contributed by atoms with Crippen molar-refractivity contribution in [3.8, 4) is 0 Å². The number of allylic oxidation sites excluding steroid dienone is 1. The summed E-state index contributed by atoms with van der Waals surface area (Å²) in [5.41, 5.74) is -1.38. The van der Waals surface area contributed by atoms with Crippen molar-refractivity contribution in [1.29, 1.82) is 0 Å². The van der Waals surface area contributed by atoms with Crippen LogP contribution < -0.4 is 5.32 Å². The molecule has 2 aromatic carbocycles. The van der Waals surface area contributed by atoms with Crippen molar-refractivity contribution in [2.24, 2.45) is 0 Å². The van der Waals surface area contributed by atoms with E-state index in [2.05, 4.69) is 5.32 Å². The molecule has 1 unspecified atom stereocenters. The summed E-state index contributed by atoms with van der Waals surface area (Å²) < 4.78 is 78.3. The molecular weight excluding hydrogens is 436 g/mol. The quantitative estimate of drug-likeness (QED) is 0.435. The molecule has 1 N–H and O–H groups in total. The number of ketones is 1. The van der Waals surface area contributed by atoms with Crippen LogP contribution in [-0.4, -0.2) is 11.7 Å². The normalized spacial score (nSPS) is 16.3. The van der Waals surface area contributed by atoms with E-state index < -0.39 is 41.0 Å². The number of hydrogen-bond acceptors (Lipinski definition) is 2. The molecule has 0 heterocycles. The second-order valence-corrected chi connectivity index (χ2v) is 7.47. The Morgan fingerprint density at radius 1 is 1.00 bits per heavy atom. The van der Waals surface area contributed by atoms with Crippen LogP contribution in [0.5, 0.6) is 0 Å². The van der Waals surface area contributed by atoms with Crippen molar-refractivity contribution in [3.63, 3.8) is 0 Å². The zero-order chi connectivity index (χ0) is 23.7. The maximum atomic E-state index is 13.0. The molecule has 32 heavy (non-hydrogen) atoms. The van der Waals surface area contributed by atoms with E-state index in [1.54, 1.807) is 25.1 Å². The number of carbonyl (C=O) groups is 2. The van der Waals surface area contributed by atoms with Gasteiger partial charge in [0.25, 0.3) is 5.91 Å². The lowest BCUT2D eigenvalue weighted by Crippen LogP contribution is -2.28. The van der Waals surface area contributed by atoms with E-state index in [-0.39, 0.29) is 11.8 Å². The molecule has 0 saturated heterocycles. The van der Waals surface area contributed by atoms with Crippen LogP contribution in [0.4, 0.5) is 26.3 Å². The van der Waals surface area contributed by atoms with Gasteiger partial charge in [-0.2, -0.15) is 26.3 Å². The van der Waals surface area contributed by atoms with E-state index in [0.717, 1.165) is 16.7 Å². The fourth-order valence-corrected chi connectivity index (χ4v) is 3.53. The highest BCUT2D eigenvalue weighted by molar-refractivity contribution is 5.95. The Bertz CT molecular complexity index is 1040. The molecule has 1 amide bonds. The Balaban J connectivity index is 1.84. The zero-order valence-electron chi connectivity index (χ0n) is 16.9. The summed E-state index contributed by atoms with van der Waals surface area (Å²) >= 11 is 0. The molecule has 3 rings (SSSR count). The van der Waals surface area contributed by atoms with Gasteiger partial charge in [-0.1, -0.05) is 31.2 Å². The molecular formula is C23H19F6NO2. The number of hydrogen-bond donors (Lipinski definition) is 1. The first-order valence-corrected chi connectivity index (χ1v) is 9.82. The Labute approximate surface area is 180 Å². The fraction of sp³-hybridized carbons (Fsp3) is 0.304. The summed E-state index contributed by atoms with van der Waals surface area (Å²) in [7, 11) is 0. The van der Waals surface area contributed by atoms with Crippen LogP contribution in [0.2, 0.25) is 0 Å². The van der Waals surface area contributed by atoms with Gasteiger partial charge in [-0.15, -0.1) is 0 Å². The smallest absolute Gasteiger partial charge is 0.345 e. The first-order chi connectivity index (χ1) is 14.9. The molecule has 0 spiro atoms. The van der Waals surface area contributed by atoms with Crippen molar-refractivity contribution >= 4 is 17.8 Å². The van der Waals surface area contributed by atoms with Gasteiger partial charge in [-0.05, 0) is 53.8 Å². The maximum absolute atomic E-state index is 13.0. The molecule has 170 valence electrons. The van der Waals surface area contributed by atoms with Gasteiger partial charge < -0.3 is 5.32 Å². The van der Waals surface area contributed by atoms with E-state index in [1.807, 2.05) is 6.07 Å². The Hall–Kier alpha value is -3.10. The molecule has 3 nitrogen and oxygen atoms in total. The average molecular weight is 455 g/mol. The molecule has 0 radical (unpaired) electrons. The zero-order valence-corrected chi connectivity index (χ0v) is 16.9. The van der Waals surface area contributed by atoms with Crippen LogP contribution in [0.15, 0.2) is 42.5 Å². The predicted molar refractivity (Wildman–Crippen MR) is 106 cm³/mol. The molecule has 0 bridgehead atoms. The highest BCUT2D eigenvalue weighted by Gasteiger charge is 2.37. The lowest BCUT2D eigenvalue weighted by Gasteiger charge is -2.17. The van der Waals surface area contributed by atoms with Gasteiger partial charge in [0.15, 0.2) is 5.78 Å². The molecule has 0 aromatic heterocycles. The molecule has 0 saturated carbocycles. The number of nitrogens with one attached hydrogen (secondary N) is 1. The summed E-state index contributed by atoms with van der Waals surface area (Å²) in [6.45, 7) is 1.74. The fourth-order valence-electron chi connectivity index (χ4n) is 3.53. The van der Waals surface area contributed by atoms with Crippen LogP contribution >= 0.6 is 0 Å². The van der Waals surface area contributed by atoms with Crippen molar-refractivity contribution in [2.45, 2.75) is 44.6 Å². The van der Waals surface area contributed by atoms with E-state index in [4.69, 9.17) is 0 Å². The van der Waals surface area contributed by atoms with Crippen LogP contribution in [0.1, 0.15) is 64.0 Å². The number of fused-ring (bicyclic) bond motifs is 1. The number of carbonyl (C=O) groups excluding carboxylic acids is 2. The first-order valence-electron chi connectivity index (χ1n) is 9.82. The van der Waals surface area contributed by atoms with Gasteiger partial charge in [0.2, 0.25) is 0 Å². The van der Waals surface area contributed by atoms with Crippen molar-refractivity contribution in [2.75, 3.05) is 0 Å². The highest BCUT2D eigenvalue weighted by atomic mass is 19.4. The SMILES string of the molecule is CCC(=O)/C=C/c1ccc2c(c1)CCC2NC(=O)c1cc(C(F)(F)F)cc(C(F)(F)F)c1. The lowest BCUT2D eigenvalue weighted by atomic mass is 10.0. The largest absolute Gasteiger partial charge is 0.416 e. The minimum absolute atomic E-state index is 0.0139. The topological polar surface area (TPSA) is 46.2 Å². The summed E-state index contributed by atoms with van der Waals surface area (Å²) in [4.78, 5) is 24.0. The number of rotatable bonds is 5. The van der Waals surface area contributed by atoms with Crippen LogP contribution in [0.3, 0.4) is 0 Å². The average Bonchev–Trinajstić information content (AvgIpc) is 3.12. The van der Waals surface area contributed by atoms with E-state index in [9.17, 15) is 35.9 Å². The van der Waals surface area contributed by atoms with Crippen LogP contribution in [0.25, 0.3) is 6.08 Å². The van der Waals surface area contributed by atoms with Gasteiger partial charge >= 0.3 is 12.4 Å².